The van der Waals surface area contributed by atoms with Gasteiger partial charge >= 0.3 is 0 Å². The lowest BCUT2D eigenvalue weighted by Gasteiger charge is -2.03. The van der Waals surface area contributed by atoms with E-state index in [2.05, 4.69) is 9.97 Å². The van der Waals surface area contributed by atoms with Gasteiger partial charge in [0, 0.05) is 23.0 Å². The van der Waals surface area contributed by atoms with Crippen LogP contribution in [0.1, 0.15) is 18.2 Å². The highest BCUT2D eigenvalue weighted by molar-refractivity contribution is 5.99. The van der Waals surface area contributed by atoms with Crippen molar-refractivity contribution in [3.63, 3.8) is 0 Å². The highest BCUT2D eigenvalue weighted by Crippen LogP contribution is 2.13. The molecule has 0 unspecified atom stereocenters. The summed E-state index contributed by atoms with van der Waals surface area (Å²) >= 11 is 0. The summed E-state index contributed by atoms with van der Waals surface area (Å²) in [6.45, 7) is 3.48. The Labute approximate surface area is 86.5 Å². The molecule has 2 aromatic heterocycles. The Hall–Kier alpha value is -1.97. The van der Waals surface area contributed by atoms with Crippen LogP contribution >= 0.6 is 0 Å². The predicted octanol–water partition coefficient (Wildman–Crippen LogP) is 1.62. The number of nitrogens with one attached hydrogen (secondary N) is 2. The van der Waals surface area contributed by atoms with Crippen LogP contribution in [-0.2, 0) is 0 Å². The van der Waals surface area contributed by atoms with Gasteiger partial charge in [-0.1, -0.05) is 0 Å². The van der Waals surface area contributed by atoms with E-state index in [1.165, 1.54) is 0 Å². The zero-order chi connectivity index (χ0) is 11.0. The number of rotatable bonds is 1. The second kappa shape index (κ2) is 3.31. The zero-order valence-corrected chi connectivity index (χ0v) is 8.59. The molecular formula is C11H11N3O. The van der Waals surface area contributed by atoms with Gasteiger partial charge in [-0.3, -0.25) is 9.78 Å². The summed E-state index contributed by atoms with van der Waals surface area (Å²) in [6, 6.07) is 3.48. The van der Waals surface area contributed by atoms with Crippen LogP contribution in [0.2, 0.25) is 0 Å². The van der Waals surface area contributed by atoms with Crippen LogP contribution in [0.15, 0.2) is 23.1 Å². The molecule has 4 nitrogen and oxygen atoms in total. The smallest absolute Gasteiger partial charge is 0.257 e. The average molecular weight is 201 g/mol. The minimum atomic E-state index is -0.222. The van der Waals surface area contributed by atoms with Gasteiger partial charge < -0.3 is 10.4 Å². The van der Waals surface area contributed by atoms with Crippen molar-refractivity contribution in [1.29, 1.82) is 5.41 Å². The van der Waals surface area contributed by atoms with E-state index in [1.807, 2.05) is 6.92 Å². The summed E-state index contributed by atoms with van der Waals surface area (Å²) in [7, 11) is 0. The van der Waals surface area contributed by atoms with Crippen molar-refractivity contribution in [3.8, 4) is 0 Å². The van der Waals surface area contributed by atoms with Gasteiger partial charge in [0.25, 0.3) is 5.56 Å². The van der Waals surface area contributed by atoms with Gasteiger partial charge in [0.2, 0.25) is 0 Å². The molecule has 0 atom stereocenters. The van der Waals surface area contributed by atoms with E-state index >= 15 is 0 Å². The summed E-state index contributed by atoms with van der Waals surface area (Å²) in [6.07, 6.45) is 1.66. The summed E-state index contributed by atoms with van der Waals surface area (Å²) in [4.78, 5) is 18.5. The lowest BCUT2D eigenvalue weighted by Crippen LogP contribution is -2.15. The topological polar surface area (TPSA) is 69.6 Å². The fourth-order valence-corrected chi connectivity index (χ4v) is 1.55. The number of nitrogens with zero attached hydrogens (tertiary/aromatic N) is 1. The molecule has 0 amide bonds. The largest absolute Gasteiger partial charge is 0.321 e. The van der Waals surface area contributed by atoms with Crippen LogP contribution in [0, 0.1) is 12.3 Å². The van der Waals surface area contributed by atoms with E-state index in [0.717, 1.165) is 16.6 Å². The quantitative estimate of drug-likeness (QED) is 0.688. The van der Waals surface area contributed by atoms with Crippen molar-refractivity contribution >= 4 is 16.6 Å². The van der Waals surface area contributed by atoms with Gasteiger partial charge in [0.1, 0.15) is 0 Å². The molecule has 0 aromatic carbocycles. The molecule has 0 aliphatic heterocycles. The molecule has 15 heavy (non-hydrogen) atoms. The summed E-state index contributed by atoms with van der Waals surface area (Å²) < 4.78 is 0. The Balaban J connectivity index is 2.90. The Bertz CT molecular complexity index is 598. The first-order valence-corrected chi connectivity index (χ1v) is 4.64. The van der Waals surface area contributed by atoms with Crippen LogP contribution < -0.4 is 5.56 Å². The van der Waals surface area contributed by atoms with Crippen LogP contribution in [-0.4, -0.2) is 15.7 Å². The molecule has 0 bridgehead atoms. The number of fused-ring (bicyclic) bond motifs is 1. The number of pyridine rings is 2. The molecule has 2 rings (SSSR count). The van der Waals surface area contributed by atoms with E-state index in [9.17, 15) is 4.79 Å². The Morgan fingerprint density at radius 1 is 1.53 bits per heavy atom. The Kier molecular flexibility index (Phi) is 2.11. The maximum absolute atomic E-state index is 11.6. The summed E-state index contributed by atoms with van der Waals surface area (Å²) in [5.74, 6) is 0. The molecule has 2 N–H and O–H groups in total. The second-order valence-electron chi connectivity index (χ2n) is 3.49. The molecule has 0 radical (unpaired) electrons. The normalized spacial score (nSPS) is 10.5. The number of hydrogen-bond acceptors (Lipinski definition) is 3. The third kappa shape index (κ3) is 1.54. The first-order valence-electron chi connectivity index (χ1n) is 4.64. The first kappa shape index (κ1) is 9.58. The molecule has 76 valence electrons. The minimum absolute atomic E-state index is 0.222. The number of aromatic amines is 1. The lowest BCUT2D eigenvalue weighted by atomic mass is 10.1. The second-order valence-corrected chi connectivity index (χ2v) is 3.49. The van der Waals surface area contributed by atoms with E-state index < -0.39 is 0 Å². The van der Waals surface area contributed by atoms with Crippen molar-refractivity contribution in [2.45, 2.75) is 13.8 Å². The van der Waals surface area contributed by atoms with Gasteiger partial charge in [-0.2, -0.15) is 0 Å². The molecule has 0 saturated carbocycles. The van der Waals surface area contributed by atoms with Crippen molar-refractivity contribution < 1.29 is 0 Å². The third-order valence-electron chi connectivity index (χ3n) is 2.37. The van der Waals surface area contributed by atoms with Crippen molar-refractivity contribution in [3.05, 3.63) is 39.9 Å². The fourth-order valence-electron chi connectivity index (χ4n) is 1.55. The molecular weight excluding hydrogens is 190 g/mol. The van der Waals surface area contributed by atoms with Gasteiger partial charge in [-0.25, -0.2) is 0 Å². The van der Waals surface area contributed by atoms with Gasteiger partial charge in [0.15, 0.2) is 0 Å². The Morgan fingerprint density at radius 2 is 2.27 bits per heavy atom. The standard InChI is InChI=1S/C11H11N3O/c1-6(12)8-5-9-7(2)13-4-3-10(9)14-11(8)15/h3-5,12H,1-2H3,(H,14,15). The van der Waals surface area contributed by atoms with Gasteiger partial charge in [0.05, 0.1) is 11.1 Å². The molecule has 4 heteroatoms. The SMILES string of the molecule is CC(=N)c1cc2c(C)nccc2[nH]c1=O. The summed E-state index contributed by atoms with van der Waals surface area (Å²) in [5, 5.41) is 8.37. The molecule has 0 aliphatic rings. The average Bonchev–Trinajstić information content (AvgIpc) is 2.16. The number of aryl methyl sites for hydroxylation is 1. The third-order valence-corrected chi connectivity index (χ3v) is 2.37. The lowest BCUT2D eigenvalue weighted by molar-refractivity contribution is 1.20. The van der Waals surface area contributed by atoms with Crippen LogP contribution in [0.3, 0.4) is 0 Å². The molecule has 0 spiro atoms. The van der Waals surface area contributed by atoms with Gasteiger partial charge in [-0.15, -0.1) is 0 Å². The van der Waals surface area contributed by atoms with E-state index in [0.29, 0.717) is 5.56 Å². The van der Waals surface area contributed by atoms with Crippen LogP contribution in [0.5, 0.6) is 0 Å². The predicted molar refractivity (Wildman–Crippen MR) is 59.6 cm³/mol. The summed E-state index contributed by atoms with van der Waals surface area (Å²) in [5.41, 5.74) is 2.06. The number of aromatic nitrogens is 2. The first-order chi connectivity index (χ1) is 7.09. The maximum Gasteiger partial charge on any atom is 0.257 e. The van der Waals surface area contributed by atoms with Crippen molar-refractivity contribution in [2.75, 3.05) is 0 Å². The van der Waals surface area contributed by atoms with E-state index in [1.54, 1.807) is 25.3 Å². The van der Waals surface area contributed by atoms with Crippen LogP contribution in [0.4, 0.5) is 0 Å². The maximum atomic E-state index is 11.6. The minimum Gasteiger partial charge on any atom is -0.321 e. The van der Waals surface area contributed by atoms with Crippen molar-refractivity contribution in [1.82, 2.24) is 9.97 Å². The number of hydrogen-bond donors (Lipinski definition) is 2. The highest BCUT2D eigenvalue weighted by Gasteiger charge is 2.06. The van der Waals surface area contributed by atoms with E-state index in [4.69, 9.17) is 5.41 Å². The molecule has 2 aromatic rings. The molecule has 0 aliphatic carbocycles. The molecule has 2 heterocycles. The molecule has 0 saturated heterocycles. The highest BCUT2D eigenvalue weighted by atomic mass is 16.1. The zero-order valence-electron chi connectivity index (χ0n) is 8.59. The number of H-pyrrole nitrogens is 1. The van der Waals surface area contributed by atoms with E-state index in [-0.39, 0.29) is 11.3 Å². The van der Waals surface area contributed by atoms with Crippen molar-refractivity contribution in [2.24, 2.45) is 0 Å². The molecule has 0 fully saturated rings. The monoisotopic (exact) mass is 201 g/mol. The van der Waals surface area contributed by atoms with Crippen LogP contribution in [0.25, 0.3) is 10.9 Å². The Morgan fingerprint density at radius 3 is 2.93 bits per heavy atom. The fraction of sp³-hybridized carbons (Fsp3) is 0.182. The van der Waals surface area contributed by atoms with Gasteiger partial charge in [-0.05, 0) is 26.0 Å².